The number of halogens is 1. The Labute approximate surface area is 118 Å². The minimum Gasteiger partial charge on any atom is -0.495 e. The molecule has 2 aromatic rings. The van der Waals surface area contributed by atoms with Gasteiger partial charge in [0.15, 0.2) is 5.13 Å². The van der Waals surface area contributed by atoms with Crippen molar-refractivity contribution in [2.24, 2.45) is 0 Å². The molecule has 5 nitrogen and oxygen atoms in total. The molecular weight excluding hydrogens is 288 g/mol. The van der Waals surface area contributed by atoms with Gasteiger partial charge in [0.1, 0.15) is 10.6 Å². The first-order chi connectivity index (χ1) is 9.01. The Hall–Kier alpha value is -1.79. The molecule has 0 atom stereocenters. The third kappa shape index (κ3) is 2.97. The van der Waals surface area contributed by atoms with Crippen LogP contribution in [0, 0.1) is 6.92 Å². The second kappa shape index (κ2) is 5.46. The van der Waals surface area contributed by atoms with Gasteiger partial charge in [0.2, 0.25) is 0 Å². The fraction of sp³-hybridized carbons (Fsp3) is 0.167. The summed E-state index contributed by atoms with van der Waals surface area (Å²) in [6.45, 7) is 1.66. The number of rotatable bonds is 4. The summed E-state index contributed by atoms with van der Waals surface area (Å²) in [5.41, 5.74) is 1.22. The van der Waals surface area contributed by atoms with Crippen LogP contribution < -0.4 is 10.1 Å². The fourth-order valence-corrected chi connectivity index (χ4v) is 2.53. The van der Waals surface area contributed by atoms with Gasteiger partial charge in [-0.3, -0.25) is 0 Å². The SMILES string of the molecule is COc1cc(Nc2nc(C)c(C(=O)O)s2)ccc1Cl. The monoisotopic (exact) mass is 298 g/mol. The summed E-state index contributed by atoms with van der Waals surface area (Å²) in [4.78, 5) is 15.3. The molecule has 0 saturated carbocycles. The van der Waals surface area contributed by atoms with Gasteiger partial charge in [0.05, 0.1) is 17.8 Å². The summed E-state index contributed by atoms with van der Waals surface area (Å²) in [6, 6.07) is 5.18. The van der Waals surface area contributed by atoms with Crippen molar-refractivity contribution in [1.29, 1.82) is 0 Å². The Morgan fingerprint density at radius 3 is 2.84 bits per heavy atom. The van der Waals surface area contributed by atoms with Gasteiger partial charge >= 0.3 is 5.97 Å². The first-order valence-electron chi connectivity index (χ1n) is 5.32. The highest BCUT2D eigenvalue weighted by molar-refractivity contribution is 7.17. The maximum absolute atomic E-state index is 10.9. The zero-order valence-corrected chi connectivity index (χ0v) is 11.8. The van der Waals surface area contributed by atoms with Crippen LogP contribution in [0.5, 0.6) is 5.75 Å². The number of carbonyl (C=O) groups is 1. The molecule has 1 aromatic carbocycles. The predicted octanol–water partition coefficient (Wildman–Crippen LogP) is 3.56. The molecule has 1 aromatic heterocycles. The average Bonchev–Trinajstić information content (AvgIpc) is 2.73. The number of thiazole rings is 1. The average molecular weight is 299 g/mol. The largest absolute Gasteiger partial charge is 0.495 e. The number of benzene rings is 1. The second-order valence-electron chi connectivity index (χ2n) is 3.71. The van der Waals surface area contributed by atoms with Crippen molar-refractivity contribution >= 4 is 39.7 Å². The van der Waals surface area contributed by atoms with E-state index in [-0.39, 0.29) is 4.88 Å². The van der Waals surface area contributed by atoms with Gasteiger partial charge in [-0.1, -0.05) is 22.9 Å². The maximum atomic E-state index is 10.9. The fourth-order valence-electron chi connectivity index (χ4n) is 1.51. The van der Waals surface area contributed by atoms with E-state index >= 15 is 0 Å². The highest BCUT2D eigenvalue weighted by Gasteiger charge is 2.14. The van der Waals surface area contributed by atoms with Gasteiger partial charge in [-0.15, -0.1) is 0 Å². The lowest BCUT2D eigenvalue weighted by atomic mass is 10.3. The third-order valence-electron chi connectivity index (χ3n) is 2.39. The van der Waals surface area contributed by atoms with Gasteiger partial charge in [0, 0.05) is 11.8 Å². The Kier molecular flexibility index (Phi) is 3.92. The third-order valence-corrected chi connectivity index (χ3v) is 3.77. The number of aryl methyl sites for hydroxylation is 1. The molecular formula is C12H11ClN2O3S. The van der Waals surface area contributed by atoms with Crippen molar-refractivity contribution in [3.05, 3.63) is 33.8 Å². The number of carboxylic acids is 1. The minimum absolute atomic E-state index is 0.225. The highest BCUT2D eigenvalue weighted by Crippen LogP contribution is 2.31. The van der Waals surface area contributed by atoms with Crippen LogP contribution in [0.25, 0.3) is 0 Å². The first-order valence-corrected chi connectivity index (χ1v) is 6.52. The summed E-state index contributed by atoms with van der Waals surface area (Å²) >= 11 is 7.01. The number of anilines is 2. The predicted molar refractivity (Wildman–Crippen MR) is 75.1 cm³/mol. The van der Waals surface area contributed by atoms with Gasteiger partial charge in [-0.25, -0.2) is 9.78 Å². The van der Waals surface area contributed by atoms with Crippen LogP contribution in [-0.2, 0) is 0 Å². The molecule has 2 N–H and O–H groups in total. The van der Waals surface area contributed by atoms with Crippen molar-refractivity contribution in [1.82, 2.24) is 4.98 Å². The van der Waals surface area contributed by atoms with Crippen molar-refractivity contribution < 1.29 is 14.6 Å². The maximum Gasteiger partial charge on any atom is 0.347 e. The molecule has 0 unspecified atom stereocenters. The Bertz CT molecular complexity index is 627. The molecule has 0 fully saturated rings. The van der Waals surface area contributed by atoms with E-state index in [0.29, 0.717) is 21.6 Å². The molecule has 0 aliphatic carbocycles. The molecule has 100 valence electrons. The molecule has 1 heterocycles. The number of ether oxygens (including phenoxy) is 1. The smallest absolute Gasteiger partial charge is 0.347 e. The zero-order valence-electron chi connectivity index (χ0n) is 10.2. The molecule has 2 rings (SSSR count). The molecule has 0 amide bonds. The number of aromatic carboxylic acids is 1. The standard InChI is InChI=1S/C12H11ClN2O3S/c1-6-10(11(16)17)19-12(14-6)15-7-3-4-8(13)9(5-7)18-2/h3-5H,1-2H3,(H,14,15)(H,16,17). The molecule has 0 aliphatic rings. The normalized spacial score (nSPS) is 10.3. The van der Waals surface area contributed by atoms with Crippen molar-refractivity contribution in [2.45, 2.75) is 6.92 Å². The molecule has 0 aliphatic heterocycles. The number of nitrogens with one attached hydrogen (secondary N) is 1. The number of hydrogen-bond donors (Lipinski definition) is 2. The summed E-state index contributed by atoms with van der Waals surface area (Å²) < 4.78 is 5.11. The number of methoxy groups -OCH3 is 1. The van der Waals surface area contributed by atoms with Crippen LogP contribution in [0.2, 0.25) is 5.02 Å². The van der Waals surface area contributed by atoms with Gasteiger partial charge < -0.3 is 15.2 Å². The Morgan fingerprint density at radius 1 is 1.53 bits per heavy atom. The van der Waals surface area contributed by atoms with Crippen LogP contribution in [0.3, 0.4) is 0 Å². The van der Waals surface area contributed by atoms with Gasteiger partial charge in [0.25, 0.3) is 0 Å². The van der Waals surface area contributed by atoms with Gasteiger partial charge in [-0.05, 0) is 19.1 Å². The van der Waals surface area contributed by atoms with Crippen molar-refractivity contribution in [3.8, 4) is 5.75 Å². The Morgan fingerprint density at radius 2 is 2.26 bits per heavy atom. The number of nitrogens with zero attached hydrogens (tertiary/aromatic N) is 1. The zero-order chi connectivity index (χ0) is 14.0. The summed E-state index contributed by atoms with van der Waals surface area (Å²) in [5, 5.41) is 13.0. The lowest BCUT2D eigenvalue weighted by molar-refractivity contribution is 0.0701. The van der Waals surface area contributed by atoms with Crippen LogP contribution in [0.4, 0.5) is 10.8 Å². The van der Waals surface area contributed by atoms with Gasteiger partial charge in [-0.2, -0.15) is 0 Å². The number of hydrogen-bond acceptors (Lipinski definition) is 5. The van der Waals surface area contributed by atoms with Crippen molar-refractivity contribution in [3.63, 3.8) is 0 Å². The molecule has 19 heavy (non-hydrogen) atoms. The lowest BCUT2D eigenvalue weighted by Gasteiger charge is -2.06. The molecule has 0 radical (unpaired) electrons. The van der Waals surface area contributed by atoms with E-state index in [2.05, 4.69) is 10.3 Å². The van der Waals surface area contributed by atoms with Crippen molar-refractivity contribution in [2.75, 3.05) is 12.4 Å². The van der Waals surface area contributed by atoms with E-state index in [1.165, 1.54) is 7.11 Å². The van der Waals surface area contributed by atoms with Crippen LogP contribution >= 0.6 is 22.9 Å². The van der Waals surface area contributed by atoms with Crippen LogP contribution in [-0.4, -0.2) is 23.2 Å². The summed E-state index contributed by atoms with van der Waals surface area (Å²) in [7, 11) is 1.53. The molecule has 0 bridgehead atoms. The first kappa shape index (κ1) is 13.6. The van der Waals surface area contributed by atoms with E-state index in [4.69, 9.17) is 21.4 Å². The highest BCUT2D eigenvalue weighted by atomic mass is 35.5. The quantitative estimate of drug-likeness (QED) is 0.903. The summed E-state index contributed by atoms with van der Waals surface area (Å²) in [6.07, 6.45) is 0. The molecule has 0 spiro atoms. The van der Waals surface area contributed by atoms with E-state index in [9.17, 15) is 4.79 Å². The molecule has 7 heteroatoms. The Balaban J connectivity index is 2.26. The number of carboxylic acid groups (broad SMARTS) is 1. The summed E-state index contributed by atoms with van der Waals surface area (Å²) in [5.74, 6) is -0.435. The van der Waals surface area contributed by atoms with Crippen LogP contribution in [0.15, 0.2) is 18.2 Å². The number of aromatic nitrogens is 1. The van der Waals surface area contributed by atoms with Crippen LogP contribution in [0.1, 0.15) is 15.4 Å². The van der Waals surface area contributed by atoms with E-state index in [1.807, 2.05) is 0 Å². The van der Waals surface area contributed by atoms with E-state index < -0.39 is 5.97 Å². The van der Waals surface area contributed by atoms with E-state index in [1.54, 1.807) is 25.1 Å². The minimum atomic E-state index is -0.975. The topological polar surface area (TPSA) is 71.5 Å². The molecule has 0 saturated heterocycles. The second-order valence-corrected chi connectivity index (χ2v) is 5.12. The lowest BCUT2D eigenvalue weighted by Crippen LogP contribution is -1.94. The van der Waals surface area contributed by atoms with E-state index in [0.717, 1.165) is 17.0 Å².